The average molecular weight is 455 g/mol. The number of carbonyl (C=O) groups excluding carboxylic acids is 1. The Bertz CT molecular complexity index is 1150. The molecule has 33 heavy (non-hydrogen) atoms. The molecular formula is C28H26N2O2S. The van der Waals surface area contributed by atoms with Crippen LogP contribution in [-0.4, -0.2) is 10.9 Å². The molecule has 5 heteroatoms. The molecule has 4 aromatic rings. The van der Waals surface area contributed by atoms with Gasteiger partial charge < -0.3 is 10.1 Å². The fraction of sp³-hybridized carbons (Fsp3) is 0.143. The lowest BCUT2D eigenvalue weighted by atomic mass is 10.1. The van der Waals surface area contributed by atoms with Crippen molar-refractivity contribution < 1.29 is 9.53 Å². The molecule has 3 aromatic carbocycles. The molecule has 0 radical (unpaired) electrons. The summed E-state index contributed by atoms with van der Waals surface area (Å²) in [6.07, 6.45) is 3.65. The second-order valence-electron chi connectivity index (χ2n) is 7.66. The van der Waals surface area contributed by atoms with Gasteiger partial charge in [0.1, 0.15) is 0 Å². The minimum Gasteiger partial charge on any atom is -0.372 e. The molecule has 166 valence electrons. The van der Waals surface area contributed by atoms with E-state index in [-0.39, 0.29) is 5.91 Å². The quantitative estimate of drug-likeness (QED) is 0.298. The first-order valence-electron chi connectivity index (χ1n) is 10.9. The van der Waals surface area contributed by atoms with Crippen molar-refractivity contribution >= 4 is 17.7 Å². The van der Waals surface area contributed by atoms with Crippen LogP contribution in [0.4, 0.5) is 0 Å². The zero-order valence-corrected chi connectivity index (χ0v) is 19.1. The second-order valence-corrected chi connectivity index (χ2v) is 8.70. The van der Waals surface area contributed by atoms with Gasteiger partial charge in [-0.3, -0.25) is 9.78 Å². The smallest absolute Gasteiger partial charge is 0.251 e. The third-order valence-electron chi connectivity index (χ3n) is 5.07. The van der Waals surface area contributed by atoms with Crippen LogP contribution in [-0.2, 0) is 30.2 Å². The van der Waals surface area contributed by atoms with Crippen molar-refractivity contribution in [1.82, 2.24) is 10.3 Å². The zero-order chi connectivity index (χ0) is 22.7. The van der Waals surface area contributed by atoms with Crippen LogP contribution < -0.4 is 5.32 Å². The zero-order valence-electron chi connectivity index (χ0n) is 18.3. The number of thioether (sulfide) groups is 1. The first kappa shape index (κ1) is 22.8. The molecule has 1 N–H and O–H groups in total. The number of hydrogen-bond donors (Lipinski definition) is 1. The fourth-order valence-electron chi connectivity index (χ4n) is 3.33. The number of pyridine rings is 1. The molecule has 1 aromatic heterocycles. The van der Waals surface area contributed by atoms with E-state index < -0.39 is 0 Å². The first-order chi connectivity index (χ1) is 16.3. The van der Waals surface area contributed by atoms with Crippen LogP contribution in [0.3, 0.4) is 0 Å². The Balaban J connectivity index is 1.24. The summed E-state index contributed by atoms with van der Waals surface area (Å²) in [5, 5.41) is 3.01. The highest BCUT2D eigenvalue weighted by atomic mass is 32.2. The largest absolute Gasteiger partial charge is 0.372 e. The van der Waals surface area contributed by atoms with Crippen LogP contribution in [0.25, 0.3) is 0 Å². The van der Waals surface area contributed by atoms with E-state index in [9.17, 15) is 4.79 Å². The van der Waals surface area contributed by atoms with E-state index in [1.165, 1.54) is 5.56 Å². The average Bonchev–Trinajstić information content (AvgIpc) is 2.88. The van der Waals surface area contributed by atoms with Crippen molar-refractivity contribution in [1.29, 1.82) is 0 Å². The van der Waals surface area contributed by atoms with E-state index in [1.807, 2.05) is 72.9 Å². The molecule has 4 rings (SSSR count). The maximum atomic E-state index is 12.6. The van der Waals surface area contributed by atoms with Gasteiger partial charge >= 0.3 is 0 Å². The van der Waals surface area contributed by atoms with Crippen LogP contribution in [0.5, 0.6) is 0 Å². The van der Waals surface area contributed by atoms with Gasteiger partial charge in [-0.15, -0.1) is 11.8 Å². The third-order valence-corrected chi connectivity index (χ3v) is 6.15. The maximum absolute atomic E-state index is 12.6. The minimum absolute atomic E-state index is 0.0791. The van der Waals surface area contributed by atoms with E-state index >= 15 is 0 Å². The SMILES string of the molecule is O=C(NCc1cccc(COCc2ccccc2)c1)c1ccc(SCc2cccnc2)cc1. The Morgan fingerprint density at radius 2 is 1.52 bits per heavy atom. The predicted molar refractivity (Wildman–Crippen MR) is 133 cm³/mol. The van der Waals surface area contributed by atoms with E-state index in [4.69, 9.17) is 4.74 Å². The highest BCUT2D eigenvalue weighted by Gasteiger charge is 2.06. The summed E-state index contributed by atoms with van der Waals surface area (Å²) in [6, 6.07) is 30.0. The van der Waals surface area contributed by atoms with Crippen LogP contribution in [0.15, 0.2) is 108 Å². The molecule has 0 aliphatic heterocycles. The van der Waals surface area contributed by atoms with Crippen LogP contribution in [0.1, 0.15) is 32.6 Å². The Labute approximate surface area is 199 Å². The highest BCUT2D eigenvalue weighted by molar-refractivity contribution is 7.98. The fourth-order valence-corrected chi connectivity index (χ4v) is 4.16. The minimum atomic E-state index is -0.0791. The number of hydrogen-bond acceptors (Lipinski definition) is 4. The highest BCUT2D eigenvalue weighted by Crippen LogP contribution is 2.22. The lowest BCUT2D eigenvalue weighted by Gasteiger charge is -2.09. The molecule has 0 bridgehead atoms. The summed E-state index contributed by atoms with van der Waals surface area (Å²) in [4.78, 5) is 17.8. The first-order valence-corrected chi connectivity index (χ1v) is 11.8. The summed E-state index contributed by atoms with van der Waals surface area (Å²) < 4.78 is 5.82. The van der Waals surface area contributed by atoms with Crippen molar-refractivity contribution in [2.24, 2.45) is 0 Å². The van der Waals surface area contributed by atoms with Crippen molar-refractivity contribution in [2.75, 3.05) is 0 Å². The normalized spacial score (nSPS) is 10.7. The van der Waals surface area contributed by atoms with Crippen molar-refractivity contribution in [3.63, 3.8) is 0 Å². The molecule has 0 fully saturated rings. The topological polar surface area (TPSA) is 51.2 Å². The summed E-state index contributed by atoms with van der Waals surface area (Å²) in [5.74, 6) is 0.773. The molecule has 0 unspecified atom stereocenters. The summed E-state index contributed by atoms with van der Waals surface area (Å²) >= 11 is 1.73. The van der Waals surface area contributed by atoms with Crippen LogP contribution in [0, 0.1) is 0 Å². The van der Waals surface area contributed by atoms with E-state index in [1.54, 1.807) is 18.0 Å². The Kier molecular flexibility index (Phi) is 8.28. The Morgan fingerprint density at radius 3 is 2.30 bits per heavy atom. The Hall–Kier alpha value is -3.41. The number of rotatable bonds is 10. The van der Waals surface area contributed by atoms with Crippen molar-refractivity contribution in [2.45, 2.75) is 30.4 Å². The van der Waals surface area contributed by atoms with E-state index in [0.717, 1.165) is 27.3 Å². The van der Waals surface area contributed by atoms with E-state index in [0.29, 0.717) is 25.3 Å². The molecule has 0 saturated heterocycles. The second kappa shape index (κ2) is 12.0. The molecule has 1 amide bonds. The molecule has 0 spiro atoms. The Morgan fingerprint density at radius 1 is 0.788 bits per heavy atom. The van der Waals surface area contributed by atoms with Crippen LogP contribution in [0.2, 0.25) is 0 Å². The number of aromatic nitrogens is 1. The molecular weight excluding hydrogens is 428 g/mol. The number of nitrogens with zero attached hydrogens (tertiary/aromatic N) is 1. The van der Waals surface area contributed by atoms with Gasteiger partial charge in [-0.2, -0.15) is 0 Å². The molecule has 0 aliphatic carbocycles. The molecule has 0 atom stereocenters. The number of benzene rings is 3. The summed E-state index contributed by atoms with van der Waals surface area (Å²) in [7, 11) is 0. The molecule has 0 saturated carbocycles. The van der Waals surface area contributed by atoms with E-state index in [2.05, 4.69) is 34.6 Å². The number of nitrogens with one attached hydrogen (secondary N) is 1. The lowest BCUT2D eigenvalue weighted by Crippen LogP contribution is -2.22. The number of ether oxygens (including phenoxy) is 1. The standard InChI is InChI=1S/C28H26N2O2S/c31-28(26-11-13-27(14-12-26)33-21-25-10-5-15-29-17-25)30-18-23-8-4-9-24(16-23)20-32-19-22-6-2-1-3-7-22/h1-17H,18-21H2,(H,30,31). The number of amides is 1. The van der Waals surface area contributed by atoms with Crippen molar-refractivity contribution in [3.8, 4) is 0 Å². The van der Waals surface area contributed by atoms with Crippen LogP contribution >= 0.6 is 11.8 Å². The van der Waals surface area contributed by atoms with Gasteiger partial charge in [0.25, 0.3) is 5.91 Å². The van der Waals surface area contributed by atoms with Gasteiger partial charge in [0, 0.05) is 35.2 Å². The summed E-state index contributed by atoms with van der Waals surface area (Å²) in [6.45, 7) is 1.59. The van der Waals surface area contributed by atoms with Gasteiger partial charge in [-0.25, -0.2) is 0 Å². The monoisotopic (exact) mass is 454 g/mol. The maximum Gasteiger partial charge on any atom is 0.251 e. The van der Waals surface area contributed by atoms with Gasteiger partial charge in [-0.05, 0) is 52.6 Å². The van der Waals surface area contributed by atoms with Gasteiger partial charge in [0.2, 0.25) is 0 Å². The van der Waals surface area contributed by atoms with Gasteiger partial charge in [-0.1, -0.05) is 60.7 Å². The molecule has 4 nitrogen and oxygen atoms in total. The van der Waals surface area contributed by atoms with Gasteiger partial charge in [0.15, 0.2) is 0 Å². The summed E-state index contributed by atoms with van der Waals surface area (Å²) in [5.41, 5.74) is 5.13. The molecule has 0 aliphatic rings. The molecule has 1 heterocycles. The predicted octanol–water partition coefficient (Wildman–Crippen LogP) is 6.02. The van der Waals surface area contributed by atoms with Gasteiger partial charge in [0.05, 0.1) is 13.2 Å². The lowest BCUT2D eigenvalue weighted by molar-refractivity contribution is 0.0950. The third kappa shape index (κ3) is 7.31. The number of carbonyl (C=O) groups is 1. The van der Waals surface area contributed by atoms with Crippen molar-refractivity contribution in [3.05, 3.63) is 131 Å².